The zero-order valence-electron chi connectivity index (χ0n) is 25.8. The SMILES string of the molecule is C#Cc1cccc(C2(NCC(O)C(Cc3cc(F)cc(F)c3)NC(=O)C(CS(=O)(=O)CCCC)NC(=O)n3cc(C)cn3)CC2)c1. The van der Waals surface area contributed by atoms with E-state index in [1.165, 1.54) is 12.4 Å². The Bertz CT molecular complexity index is 1680. The highest BCUT2D eigenvalue weighted by molar-refractivity contribution is 7.91. The molecular formula is C33H39F2N5O5S. The smallest absolute Gasteiger partial charge is 0.342 e. The summed E-state index contributed by atoms with van der Waals surface area (Å²) in [7, 11) is -3.79. The van der Waals surface area contributed by atoms with Gasteiger partial charge in [0.15, 0.2) is 9.84 Å². The summed E-state index contributed by atoms with van der Waals surface area (Å²) >= 11 is 0. The maximum atomic E-state index is 14.1. The fraction of sp³-hybridized carbons (Fsp3) is 0.424. The summed E-state index contributed by atoms with van der Waals surface area (Å²) in [4.78, 5) is 26.6. The maximum absolute atomic E-state index is 14.1. The van der Waals surface area contributed by atoms with Gasteiger partial charge in [-0.3, -0.25) is 4.79 Å². The number of nitrogens with zero attached hydrogens (tertiary/aromatic N) is 2. The van der Waals surface area contributed by atoms with Crippen LogP contribution in [-0.4, -0.2) is 71.5 Å². The molecule has 0 bridgehead atoms. The first-order chi connectivity index (χ1) is 21.8. The van der Waals surface area contributed by atoms with Crippen LogP contribution in [0.2, 0.25) is 0 Å². The highest BCUT2D eigenvalue weighted by atomic mass is 32.2. The number of carbonyl (C=O) groups excluding carboxylic acids is 2. The van der Waals surface area contributed by atoms with Crippen molar-refractivity contribution in [3.63, 3.8) is 0 Å². The van der Waals surface area contributed by atoms with Gasteiger partial charge in [0.1, 0.15) is 17.7 Å². The topological polar surface area (TPSA) is 142 Å². The number of rotatable bonds is 15. The molecule has 3 aromatic rings. The molecule has 3 atom stereocenters. The number of amides is 2. The van der Waals surface area contributed by atoms with Crippen LogP contribution in [0.5, 0.6) is 0 Å². The van der Waals surface area contributed by atoms with E-state index in [2.05, 4.69) is 27.0 Å². The molecule has 0 aliphatic heterocycles. The Kier molecular flexibility index (Phi) is 11.3. The van der Waals surface area contributed by atoms with E-state index in [4.69, 9.17) is 6.42 Å². The van der Waals surface area contributed by atoms with Crippen molar-refractivity contribution in [3.05, 3.63) is 88.7 Å². The Hall–Kier alpha value is -4.12. The monoisotopic (exact) mass is 655 g/mol. The number of nitrogens with one attached hydrogen (secondary N) is 3. The number of halogens is 2. The molecule has 1 fully saturated rings. The number of aliphatic hydroxyl groups is 1. The lowest BCUT2D eigenvalue weighted by molar-refractivity contribution is -0.124. The van der Waals surface area contributed by atoms with E-state index in [9.17, 15) is 31.9 Å². The Morgan fingerprint density at radius 1 is 1.15 bits per heavy atom. The number of aromatic nitrogens is 2. The van der Waals surface area contributed by atoms with Crippen molar-refractivity contribution in [1.82, 2.24) is 25.7 Å². The Morgan fingerprint density at radius 2 is 1.87 bits per heavy atom. The first kappa shape index (κ1) is 34.7. The van der Waals surface area contributed by atoms with Crippen LogP contribution in [0.25, 0.3) is 0 Å². The third-order valence-electron chi connectivity index (χ3n) is 7.91. The lowest BCUT2D eigenvalue weighted by atomic mass is 9.98. The third-order valence-corrected chi connectivity index (χ3v) is 9.67. The largest absolute Gasteiger partial charge is 0.390 e. The molecule has 1 aliphatic carbocycles. The molecule has 10 nitrogen and oxygen atoms in total. The van der Waals surface area contributed by atoms with Crippen molar-refractivity contribution in [2.75, 3.05) is 18.1 Å². The van der Waals surface area contributed by atoms with Gasteiger partial charge in [-0.15, -0.1) is 6.42 Å². The number of hydrogen-bond donors (Lipinski definition) is 4. The highest BCUT2D eigenvalue weighted by Crippen LogP contribution is 2.45. The molecular weight excluding hydrogens is 616 g/mol. The van der Waals surface area contributed by atoms with E-state index in [-0.39, 0.29) is 24.3 Å². The molecule has 3 unspecified atom stereocenters. The number of unbranched alkanes of at least 4 members (excludes halogenated alkanes) is 1. The first-order valence-corrected chi connectivity index (χ1v) is 16.9. The highest BCUT2D eigenvalue weighted by Gasteiger charge is 2.44. The van der Waals surface area contributed by atoms with Crippen molar-refractivity contribution in [2.24, 2.45) is 0 Å². The molecule has 4 rings (SSSR count). The summed E-state index contributed by atoms with van der Waals surface area (Å²) in [6, 6.07) is 6.85. The second-order valence-corrected chi connectivity index (χ2v) is 14.0. The molecule has 0 saturated heterocycles. The standard InChI is InChI=1S/C33H39F2N5O5S/c1-4-6-12-46(44,45)21-29(39-32(43)40-20-22(3)18-37-40)31(42)38-28(16-24-14-26(34)17-27(35)15-24)30(41)19-36-33(10-11-33)25-9-7-8-23(5-2)13-25/h2,7-9,13-15,17-18,20,28-30,36,41H,4,6,10-12,16,19,21H2,1,3H3,(H,38,42)(H,39,43). The second-order valence-electron chi connectivity index (χ2n) is 11.8. The van der Waals surface area contributed by atoms with E-state index in [1.54, 1.807) is 6.92 Å². The van der Waals surface area contributed by atoms with Crippen LogP contribution in [0.15, 0.2) is 54.9 Å². The molecule has 246 valence electrons. The summed E-state index contributed by atoms with van der Waals surface area (Å²) in [6.07, 6.45) is 9.46. The molecule has 4 N–H and O–H groups in total. The molecule has 2 amide bonds. The number of terminal acetylenes is 1. The van der Waals surface area contributed by atoms with Gasteiger partial charge in [0.2, 0.25) is 5.91 Å². The van der Waals surface area contributed by atoms with Crippen molar-refractivity contribution in [2.45, 2.75) is 69.7 Å². The van der Waals surface area contributed by atoms with Gasteiger partial charge in [0.05, 0.1) is 29.8 Å². The van der Waals surface area contributed by atoms with Gasteiger partial charge in [0.25, 0.3) is 0 Å². The molecule has 1 aromatic heterocycles. The first-order valence-electron chi connectivity index (χ1n) is 15.1. The predicted molar refractivity (Wildman–Crippen MR) is 170 cm³/mol. The van der Waals surface area contributed by atoms with E-state index < -0.39 is 62.9 Å². The summed E-state index contributed by atoms with van der Waals surface area (Å²) in [5.74, 6) is -0.836. The molecule has 2 aromatic carbocycles. The molecule has 1 saturated carbocycles. The fourth-order valence-corrected chi connectivity index (χ4v) is 6.85. The van der Waals surface area contributed by atoms with E-state index in [0.717, 1.165) is 35.2 Å². The van der Waals surface area contributed by atoms with Crippen molar-refractivity contribution in [3.8, 4) is 12.3 Å². The normalized spacial score (nSPS) is 15.7. The summed E-state index contributed by atoms with van der Waals surface area (Å²) < 4.78 is 54.9. The van der Waals surface area contributed by atoms with Crippen LogP contribution in [0, 0.1) is 30.9 Å². The van der Waals surface area contributed by atoms with Crippen LogP contribution in [-0.2, 0) is 26.6 Å². The van der Waals surface area contributed by atoms with Crippen LogP contribution in [0.3, 0.4) is 0 Å². The van der Waals surface area contributed by atoms with Gasteiger partial charge in [-0.2, -0.15) is 9.78 Å². The quantitative estimate of drug-likeness (QED) is 0.185. The van der Waals surface area contributed by atoms with Gasteiger partial charge in [-0.25, -0.2) is 22.0 Å². The number of hydrogen-bond acceptors (Lipinski definition) is 7. The number of carbonyl (C=O) groups is 2. The van der Waals surface area contributed by atoms with Crippen molar-refractivity contribution < 1.29 is 31.9 Å². The van der Waals surface area contributed by atoms with Gasteiger partial charge in [-0.05, 0) is 73.6 Å². The minimum absolute atomic E-state index is 0.0264. The van der Waals surface area contributed by atoms with Gasteiger partial charge >= 0.3 is 6.03 Å². The molecule has 13 heteroatoms. The third kappa shape index (κ3) is 9.45. The maximum Gasteiger partial charge on any atom is 0.342 e. The van der Waals surface area contributed by atoms with Crippen LogP contribution < -0.4 is 16.0 Å². The fourth-order valence-electron chi connectivity index (χ4n) is 5.21. The Morgan fingerprint density at radius 3 is 2.48 bits per heavy atom. The summed E-state index contributed by atoms with van der Waals surface area (Å²) in [5, 5.41) is 23.7. The Labute approximate surface area is 267 Å². The van der Waals surface area contributed by atoms with E-state index in [0.29, 0.717) is 30.0 Å². The molecule has 1 heterocycles. The van der Waals surface area contributed by atoms with Crippen LogP contribution in [0.4, 0.5) is 13.6 Å². The van der Waals surface area contributed by atoms with Gasteiger partial charge < -0.3 is 21.1 Å². The minimum Gasteiger partial charge on any atom is -0.390 e. The molecule has 46 heavy (non-hydrogen) atoms. The zero-order valence-corrected chi connectivity index (χ0v) is 26.6. The number of aliphatic hydroxyl groups excluding tert-OH is 1. The average Bonchev–Trinajstić information content (AvgIpc) is 3.68. The molecule has 0 spiro atoms. The van der Waals surface area contributed by atoms with E-state index >= 15 is 0 Å². The predicted octanol–water partition coefficient (Wildman–Crippen LogP) is 2.96. The zero-order chi connectivity index (χ0) is 33.5. The van der Waals surface area contributed by atoms with Crippen LogP contribution >= 0.6 is 0 Å². The summed E-state index contributed by atoms with van der Waals surface area (Å²) in [6.45, 7) is 3.51. The number of sulfone groups is 1. The lowest BCUT2D eigenvalue weighted by Crippen LogP contribution is -2.57. The summed E-state index contributed by atoms with van der Waals surface area (Å²) in [5.41, 5.74) is 2.03. The van der Waals surface area contributed by atoms with Crippen LogP contribution in [0.1, 0.15) is 54.9 Å². The lowest BCUT2D eigenvalue weighted by Gasteiger charge is -2.29. The minimum atomic E-state index is -3.79. The van der Waals surface area contributed by atoms with E-state index in [1.807, 2.05) is 31.2 Å². The number of aryl methyl sites for hydroxylation is 1. The van der Waals surface area contributed by atoms with Gasteiger partial charge in [0, 0.05) is 29.9 Å². The number of benzene rings is 2. The Balaban J connectivity index is 1.57. The second kappa shape index (κ2) is 15.0. The van der Waals surface area contributed by atoms with Crippen molar-refractivity contribution >= 4 is 21.8 Å². The molecule has 1 aliphatic rings. The molecule has 0 radical (unpaired) electrons. The van der Waals surface area contributed by atoms with Gasteiger partial charge in [-0.1, -0.05) is 31.4 Å². The average molecular weight is 656 g/mol. The van der Waals surface area contributed by atoms with Crippen molar-refractivity contribution in [1.29, 1.82) is 0 Å².